The van der Waals surface area contributed by atoms with Gasteiger partial charge in [-0.1, -0.05) is 48.0 Å². The van der Waals surface area contributed by atoms with Crippen LogP contribution in [0.5, 0.6) is 0 Å². The molecule has 0 spiro atoms. The summed E-state index contributed by atoms with van der Waals surface area (Å²) in [4.78, 5) is 16.6. The molecule has 0 radical (unpaired) electrons. The molecule has 0 amide bonds. The first-order valence-corrected chi connectivity index (χ1v) is 11.2. The van der Waals surface area contributed by atoms with Crippen molar-refractivity contribution < 1.29 is 4.79 Å². The maximum atomic E-state index is 11.7. The lowest BCUT2D eigenvalue weighted by molar-refractivity contribution is -0.108. The van der Waals surface area contributed by atoms with Crippen molar-refractivity contribution in [3.63, 3.8) is 0 Å². The molecule has 1 N–H and O–H groups in total. The van der Waals surface area contributed by atoms with Gasteiger partial charge in [-0.2, -0.15) is 0 Å². The Morgan fingerprint density at radius 2 is 1.83 bits per heavy atom. The number of piperidine rings is 1. The maximum absolute atomic E-state index is 11.7. The topological polar surface area (TPSA) is 35.6 Å². The molecule has 3 aliphatic rings. The monoisotopic (exact) mass is 417 g/mol. The third-order valence-corrected chi connectivity index (χ3v) is 7.44. The molecule has 5 heteroatoms. The van der Waals surface area contributed by atoms with Crippen molar-refractivity contribution in [2.75, 3.05) is 23.3 Å². The molecule has 3 aromatic rings. The van der Waals surface area contributed by atoms with Gasteiger partial charge in [0.2, 0.25) is 0 Å². The summed E-state index contributed by atoms with van der Waals surface area (Å²) < 4.78 is 0. The second-order valence-electron chi connectivity index (χ2n) is 8.61. The van der Waals surface area contributed by atoms with E-state index in [2.05, 4.69) is 57.6 Å². The highest BCUT2D eigenvalue weighted by molar-refractivity contribution is 6.32. The number of carbonyl (C=O) groups excluding carboxylic acids is 1. The van der Waals surface area contributed by atoms with E-state index in [4.69, 9.17) is 11.6 Å². The van der Waals surface area contributed by atoms with Crippen LogP contribution in [0.4, 0.5) is 11.4 Å². The molecule has 4 nitrogen and oxygen atoms in total. The van der Waals surface area contributed by atoms with Crippen molar-refractivity contribution in [2.24, 2.45) is 0 Å². The van der Waals surface area contributed by atoms with Crippen LogP contribution < -0.4 is 10.2 Å². The molecule has 3 aromatic carbocycles. The molecule has 0 bridgehead atoms. The van der Waals surface area contributed by atoms with E-state index in [9.17, 15) is 4.79 Å². The van der Waals surface area contributed by atoms with E-state index in [0.717, 1.165) is 55.0 Å². The number of hydrogen-bond acceptors (Lipinski definition) is 4. The zero-order valence-electron chi connectivity index (χ0n) is 16.7. The van der Waals surface area contributed by atoms with Crippen LogP contribution in [0.3, 0.4) is 0 Å². The average Bonchev–Trinajstić information content (AvgIpc) is 3.36. The summed E-state index contributed by atoms with van der Waals surface area (Å²) in [6, 6.07) is 19.7. The minimum Gasteiger partial charge on any atom is -0.358 e. The Bertz CT molecular complexity index is 1140. The van der Waals surface area contributed by atoms with Crippen LogP contribution in [-0.2, 0) is 11.2 Å². The fraction of sp³-hybridized carbons (Fsp3) is 0.320. The van der Waals surface area contributed by atoms with E-state index in [1.807, 2.05) is 12.1 Å². The number of nitrogens with one attached hydrogen (secondary N) is 1. The third kappa shape index (κ3) is 2.67. The number of hydrogen-bond donors (Lipinski definition) is 1. The van der Waals surface area contributed by atoms with Gasteiger partial charge in [0.05, 0.1) is 11.4 Å². The lowest BCUT2D eigenvalue weighted by atomic mass is 9.98. The van der Waals surface area contributed by atoms with Gasteiger partial charge in [-0.15, -0.1) is 0 Å². The van der Waals surface area contributed by atoms with E-state index in [1.54, 1.807) is 0 Å². The highest BCUT2D eigenvalue weighted by Crippen LogP contribution is 2.45. The Kier molecular flexibility index (Phi) is 4.25. The predicted molar refractivity (Wildman–Crippen MR) is 122 cm³/mol. The quantitative estimate of drug-likeness (QED) is 0.607. The van der Waals surface area contributed by atoms with Crippen LogP contribution in [0.25, 0.3) is 10.8 Å². The molecule has 2 heterocycles. The highest BCUT2D eigenvalue weighted by atomic mass is 35.5. The Morgan fingerprint density at radius 1 is 1.00 bits per heavy atom. The molecule has 1 aliphatic carbocycles. The summed E-state index contributed by atoms with van der Waals surface area (Å²) in [6.07, 6.45) is 3.88. The van der Waals surface area contributed by atoms with Crippen LogP contribution >= 0.6 is 11.6 Å². The molecular formula is C25H24ClN3O. The number of para-hydroxylation sites is 2. The van der Waals surface area contributed by atoms with Gasteiger partial charge in [-0.3, -0.25) is 9.69 Å². The number of halogens is 1. The average molecular weight is 418 g/mol. The summed E-state index contributed by atoms with van der Waals surface area (Å²) in [7, 11) is 0. The Balaban J connectivity index is 1.25. The fourth-order valence-corrected chi connectivity index (χ4v) is 6.06. The van der Waals surface area contributed by atoms with Gasteiger partial charge >= 0.3 is 0 Å². The largest absolute Gasteiger partial charge is 0.358 e. The molecule has 1 fully saturated rings. The molecule has 1 saturated heterocycles. The molecule has 0 saturated carbocycles. The molecule has 30 heavy (non-hydrogen) atoms. The van der Waals surface area contributed by atoms with E-state index in [0.29, 0.717) is 12.1 Å². The van der Waals surface area contributed by atoms with E-state index < -0.39 is 0 Å². The Hall–Kier alpha value is -2.56. The number of aldehydes is 1. The van der Waals surface area contributed by atoms with Crippen molar-refractivity contribution in [3.05, 3.63) is 70.7 Å². The smallest absolute Gasteiger partial charge is 0.162 e. The second kappa shape index (κ2) is 7.00. The van der Waals surface area contributed by atoms with Gasteiger partial charge in [0, 0.05) is 30.2 Å². The van der Waals surface area contributed by atoms with Gasteiger partial charge in [-0.25, -0.2) is 0 Å². The lowest BCUT2D eigenvalue weighted by Crippen LogP contribution is -2.50. The highest BCUT2D eigenvalue weighted by Gasteiger charge is 2.38. The van der Waals surface area contributed by atoms with Crippen molar-refractivity contribution in [3.8, 4) is 0 Å². The van der Waals surface area contributed by atoms with Gasteiger partial charge in [0.1, 0.15) is 0 Å². The van der Waals surface area contributed by atoms with Crippen molar-refractivity contribution in [1.82, 2.24) is 4.90 Å². The number of anilines is 2. The molecule has 2 atom stereocenters. The Morgan fingerprint density at radius 3 is 2.67 bits per heavy atom. The van der Waals surface area contributed by atoms with Crippen LogP contribution in [0.1, 0.15) is 30.0 Å². The van der Waals surface area contributed by atoms with Gasteiger partial charge in [-0.05, 0) is 59.4 Å². The van der Waals surface area contributed by atoms with Crippen molar-refractivity contribution in [2.45, 2.75) is 37.5 Å². The van der Waals surface area contributed by atoms with Gasteiger partial charge < -0.3 is 10.2 Å². The third-order valence-electron chi connectivity index (χ3n) is 7.11. The Labute approximate surface area is 181 Å². The fourth-order valence-electron chi connectivity index (χ4n) is 5.78. The number of fused-ring (bicyclic) bond motifs is 1. The predicted octanol–water partition coefficient (Wildman–Crippen LogP) is 5.01. The second-order valence-corrected chi connectivity index (χ2v) is 9.02. The summed E-state index contributed by atoms with van der Waals surface area (Å²) in [5.41, 5.74) is 4.92. The molecule has 0 aromatic heterocycles. The SMILES string of the molecule is O=CC1Nc2ccccc2N1C1CCN(C2Cc3cccc4ccc(Cl)c2c34)CC1. The van der Waals surface area contributed by atoms with Crippen LogP contribution in [0, 0.1) is 0 Å². The first-order valence-electron chi connectivity index (χ1n) is 10.8. The lowest BCUT2D eigenvalue weighted by Gasteiger charge is -2.41. The number of nitrogens with zero attached hydrogens (tertiary/aromatic N) is 2. The summed E-state index contributed by atoms with van der Waals surface area (Å²) in [5, 5.41) is 6.89. The molecule has 2 aliphatic heterocycles. The van der Waals surface area contributed by atoms with E-state index in [1.165, 1.54) is 21.9 Å². The molecule has 2 unspecified atom stereocenters. The molecule has 152 valence electrons. The summed E-state index contributed by atoms with van der Waals surface area (Å²) >= 11 is 6.70. The number of carbonyl (C=O) groups is 1. The van der Waals surface area contributed by atoms with Crippen molar-refractivity contribution >= 4 is 40.0 Å². The van der Waals surface area contributed by atoms with E-state index in [-0.39, 0.29) is 6.17 Å². The maximum Gasteiger partial charge on any atom is 0.162 e. The van der Waals surface area contributed by atoms with Crippen molar-refractivity contribution in [1.29, 1.82) is 0 Å². The minimum atomic E-state index is -0.266. The van der Waals surface area contributed by atoms with Gasteiger partial charge in [0.25, 0.3) is 0 Å². The zero-order chi connectivity index (χ0) is 20.2. The summed E-state index contributed by atoms with van der Waals surface area (Å²) in [5.74, 6) is 0. The summed E-state index contributed by atoms with van der Waals surface area (Å²) in [6.45, 7) is 2.03. The van der Waals surface area contributed by atoms with E-state index >= 15 is 0 Å². The number of benzene rings is 3. The van der Waals surface area contributed by atoms with Crippen LogP contribution in [0.2, 0.25) is 5.02 Å². The van der Waals surface area contributed by atoms with Crippen LogP contribution in [-0.4, -0.2) is 36.5 Å². The normalized spacial score (nSPS) is 23.6. The first-order chi connectivity index (χ1) is 14.7. The number of likely N-dealkylation sites (tertiary alicyclic amines) is 1. The molecule has 6 rings (SSSR count). The van der Waals surface area contributed by atoms with Gasteiger partial charge in [0.15, 0.2) is 12.5 Å². The molecular weight excluding hydrogens is 394 g/mol. The zero-order valence-corrected chi connectivity index (χ0v) is 17.5. The van der Waals surface area contributed by atoms with Crippen LogP contribution in [0.15, 0.2) is 54.6 Å². The number of rotatable bonds is 3. The standard InChI is InChI=1S/C25H24ClN3O/c26-19-9-8-16-4-3-5-17-14-22(25(19)24(16)17)28-12-10-18(11-13-28)29-21-7-2-1-6-20(21)27-23(29)15-30/h1-9,15,18,22-23,27H,10-14H2. The minimum absolute atomic E-state index is 0.266. The first kappa shape index (κ1) is 18.2.